The van der Waals surface area contributed by atoms with Crippen LogP contribution in [0.1, 0.15) is 26.7 Å². The second kappa shape index (κ2) is 9.24. The van der Waals surface area contributed by atoms with Crippen molar-refractivity contribution in [2.24, 2.45) is 5.92 Å². The summed E-state index contributed by atoms with van der Waals surface area (Å²) >= 11 is 0. The van der Waals surface area contributed by atoms with E-state index < -0.39 is 0 Å². The molecule has 1 aromatic rings. The molecule has 0 unspecified atom stereocenters. The molecule has 0 spiro atoms. The number of nitrogens with zero attached hydrogens (tertiary/aromatic N) is 2. The van der Waals surface area contributed by atoms with E-state index in [0.717, 1.165) is 76.8 Å². The highest BCUT2D eigenvalue weighted by atomic mass is 16.5. The molecule has 144 valence electrons. The van der Waals surface area contributed by atoms with Crippen molar-refractivity contribution in [3.05, 3.63) is 18.2 Å². The molecule has 0 radical (unpaired) electrons. The number of anilines is 3. The van der Waals surface area contributed by atoms with Crippen LogP contribution in [-0.2, 0) is 14.3 Å². The third-order valence-corrected chi connectivity index (χ3v) is 5.32. The van der Waals surface area contributed by atoms with Crippen LogP contribution in [0, 0.1) is 5.92 Å². The molecule has 1 amide bonds. The first-order valence-electron chi connectivity index (χ1n) is 9.83. The van der Waals surface area contributed by atoms with Gasteiger partial charge in [-0.25, -0.2) is 0 Å². The monoisotopic (exact) mass is 361 g/mol. The molecule has 3 rings (SSSR count). The minimum atomic E-state index is 0.0615. The van der Waals surface area contributed by atoms with Gasteiger partial charge in [0.2, 0.25) is 5.91 Å². The third-order valence-electron chi connectivity index (χ3n) is 5.32. The number of morpholine rings is 2. The summed E-state index contributed by atoms with van der Waals surface area (Å²) in [5.74, 6) is 0.176. The lowest BCUT2D eigenvalue weighted by Gasteiger charge is -2.33. The Hall–Kier alpha value is -1.79. The molecule has 6 heteroatoms. The van der Waals surface area contributed by atoms with E-state index >= 15 is 0 Å². The molecule has 0 aromatic heterocycles. The molecule has 1 N–H and O–H groups in total. The van der Waals surface area contributed by atoms with E-state index in [9.17, 15) is 4.79 Å². The smallest absolute Gasteiger partial charge is 0.227 e. The van der Waals surface area contributed by atoms with Crippen LogP contribution in [0.4, 0.5) is 17.1 Å². The minimum absolute atomic E-state index is 0.0615. The zero-order valence-electron chi connectivity index (χ0n) is 16.0. The average Bonchev–Trinajstić information content (AvgIpc) is 2.70. The highest BCUT2D eigenvalue weighted by Crippen LogP contribution is 2.32. The first-order chi connectivity index (χ1) is 12.7. The van der Waals surface area contributed by atoms with Gasteiger partial charge in [-0.1, -0.05) is 13.8 Å². The van der Waals surface area contributed by atoms with Crippen LogP contribution in [0.15, 0.2) is 18.2 Å². The first-order valence-corrected chi connectivity index (χ1v) is 9.83. The van der Waals surface area contributed by atoms with E-state index in [1.165, 1.54) is 5.69 Å². The molecular weight excluding hydrogens is 330 g/mol. The maximum absolute atomic E-state index is 12.6. The summed E-state index contributed by atoms with van der Waals surface area (Å²) in [5.41, 5.74) is 3.19. The summed E-state index contributed by atoms with van der Waals surface area (Å²) in [4.78, 5) is 17.3. The summed E-state index contributed by atoms with van der Waals surface area (Å²) in [7, 11) is 0. The van der Waals surface area contributed by atoms with Crippen molar-refractivity contribution in [3.8, 4) is 0 Å². The Morgan fingerprint density at radius 2 is 1.58 bits per heavy atom. The number of ether oxygens (including phenoxy) is 2. The van der Waals surface area contributed by atoms with Crippen LogP contribution < -0.4 is 15.1 Å². The van der Waals surface area contributed by atoms with Gasteiger partial charge in [-0.05, 0) is 31.0 Å². The minimum Gasteiger partial charge on any atom is -0.378 e. The highest BCUT2D eigenvalue weighted by molar-refractivity contribution is 5.96. The molecule has 26 heavy (non-hydrogen) atoms. The second-order valence-corrected chi connectivity index (χ2v) is 6.90. The predicted molar refractivity (Wildman–Crippen MR) is 105 cm³/mol. The van der Waals surface area contributed by atoms with E-state index in [0.29, 0.717) is 0 Å². The van der Waals surface area contributed by atoms with Crippen LogP contribution in [0.3, 0.4) is 0 Å². The molecule has 0 atom stereocenters. The van der Waals surface area contributed by atoms with Gasteiger partial charge in [-0.2, -0.15) is 0 Å². The van der Waals surface area contributed by atoms with Crippen LogP contribution in [-0.4, -0.2) is 58.5 Å². The van der Waals surface area contributed by atoms with Crippen molar-refractivity contribution in [3.63, 3.8) is 0 Å². The predicted octanol–water partition coefficient (Wildman–Crippen LogP) is 2.73. The lowest BCUT2D eigenvalue weighted by atomic mass is 10.0. The van der Waals surface area contributed by atoms with Crippen LogP contribution in [0.2, 0.25) is 0 Å². The quantitative estimate of drug-likeness (QED) is 0.844. The van der Waals surface area contributed by atoms with Crippen molar-refractivity contribution in [1.82, 2.24) is 0 Å². The van der Waals surface area contributed by atoms with Gasteiger partial charge in [0.25, 0.3) is 0 Å². The Labute approximate surface area is 156 Å². The number of amides is 1. The number of rotatable bonds is 6. The summed E-state index contributed by atoms with van der Waals surface area (Å²) in [6, 6.07) is 6.37. The molecular formula is C20H31N3O3. The van der Waals surface area contributed by atoms with E-state index in [1.54, 1.807) is 0 Å². The number of carbonyl (C=O) groups excluding carboxylic acids is 1. The summed E-state index contributed by atoms with van der Waals surface area (Å²) in [5, 5.41) is 3.18. The molecule has 2 aliphatic heterocycles. The standard InChI is InChI=1S/C20H31N3O3/c1-3-16(4-2)20(24)21-18-6-5-17(22-7-11-25-12-8-22)15-19(18)23-9-13-26-14-10-23/h5-6,15-16H,3-4,7-14H2,1-2H3,(H,21,24). The Morgan fingerprint density at radius 1 is 1.00 bits per heavy atom. The third kappa shape index (κ3) is 4.48. The van der Waals surface area contributed by atoms with Crippen LogP contribution >= 0.6 is 0 Å². The number of carbonyl (C=O) groups is 1. The summed E-state index contributed by atoms with van der Waals surface area (Å²) < 4.78 is 11.0. The van der Waals surface area contributed by atoms with E-state index in [1.807, 2.05) is 0 Å². The van der Waals surface area contributed by atoms with Gasteiger partial charge >= 0.3 is 0 Å². The van der Waals surface area contributed by atoms with Gasteiger partial charge in [0.15, 0.2) is 0 Å². The lowest BCUT2D eigenvalue weighted by molar-refractivity contribution is -0.120. The Morgan fingerprint density at radius 3 is 2.15 bits per heavy atom. The van der Waals surface area contributed by atoms with E-state index in [4.69, 9.17) is 9.47 Å². The molecule has 0 bridgehead atoms. The Bertz CT molecular complexity index is 592. The fourth-order valence-electron chi connectivity index (χ4n) is 3.60. The fraction of sp³-hybridized carbons (Fsp3) is 0.650. The van der Waals surface area contributed by atoms with E-state index in [-0.39, 0.29) is 11.8 Å². The van der Waals surface area contributed by atoms with Crippen molar-refractivity contribution in [1.29, 1.82) is 0 Å². The average molecular weight is 361 g/mol. The number of hydrogen-bond acceptors (Lipinski definition) is 5. The number of benzene rings is 1. The van der Waals surface area contributed by atoms with Gasteiger partial charge < -0.3 is 24.6 Å². The maximum atomic E-state index is 12.6. The highest BCUT2D eigenvalue weighted by Gasteiger charge is 2.21. The van der Waals surface area contributed by atoms with Crippen LogP contribution in [0.5, 0.6) is 0 Å². The molecule has 6 nitrogen and oxygen atoms in total. The zero-order valence-corrected chi connectivity index (χ0v) is 16.0. The van der Waals surface area contributed by atoms with Gasteiger partial charge in [-0.15, -0.1) is 0 Å². The topological polar surface area (TPSA) is 54.0 Å². The largest absolute Gasteiger partial charge is 0.378 e. The van der Waals surface area contributed by atoms with E-state index in [2.05, 4.69) is 47.2 Å². The maximum Gasteiger partial charge on any atom is 0.227 e. The molecule has 2 heterocycles. The fourth-order valence-corrected chi connectivity index (χ4v) is 3.60. The van der Waals surface area contributed by atoms with Gasteiger partial charge in [0.1, 0.15) is 0 Å². The molecule has 2 aliphatic rings. The SMILES string of the molecule is CCC(CC)C(=O)Nc1ccc(N2CCOCC2)cc1N1CCOCC1. The Balaban J connectivity index is 1.85. The number of hydrogen-bond donors (Lipinski definition) is 1. The molecule has 0 saturated carbocycles. The van der Waals surface area contributed by atoms with Gasteiger partial charge in [0, 0.05) is 37.8 Å². The van der Waals surface area contributed by atoms with Crippen molar-refractivity contribution < 1.29 is 14.3 Å². The molecule has 0 aliphatic carbocycles. The lowest BCUT2D eigenvalue weighted by Crippen LogP contribution is -2.38. The zero-order chi connectivity index (χ0) is 18.4. The van der Waals surface area contributed by atoms with Gasteiger partial charge in [0.05, 0.1) is 37.8 Å². The summed E-state index contributed by atoms with van der Waals surface area (Å²) in [6.07, 6.45) is 1.72. The Kier molecular flexibility index (Phi) is 6.74. The molecule has 2 fully saturated rings. The molecule has 2 saturated heterocycles. The normalized spacial score (nSPS) is 18.3. The molecule has 1 aromatic carbocycles. The van der Waals surface area contributed by atoms with Crippen LogP contribution in [0.25, 0.3) is 0 Å². The number of nitrogens with one attached hydrogen (secondary N) is 1. The second-order valence-electron chi connectivity index (χ2n) is 6.90. The summed E-state index contributed by atoms with van der Waals surface area (Å²) in [6.45, 7) is 10.6. The van der Waals surface area contributed by atoms with Crippen molar-refractivity contribution in [2.45, 2.75) is 26.7 Å². The first kappa shape index (κ1) is 19.0. The van der Waals surface area contributed by atoms with Gasteiger partial charge in [-0.3, -0.25) is 4.79 Å². The van der Waals surface area contributed by atoms with Crippen molar-refractivity contribution >= 4 is 23.0 Å². The van der Waals surface area contributed by atoms with Crippen molar-refractivity contribution in [2.75, 3.05) is 67.7 Å².